The zero-order valence-electron chi connectivity index (χ0n) is 15.0. The van der Waals surface area contributed by atoms with Gasteiger partial charge in [-0.15, -0.1) is 0 Å². The second-order valence-electron chi connectivity index (χ2n) is 6.68. The second kappa shape index (κ2) is 8.18. The number of amides is 1. The molecule has 29 heavy (non-hydrogen) atoms. The lowest BCUT2D eigenvalue weighted by Gasteiger charge is -2.24. The fourth-order valence-electron chi connectivity index (χ4n) is 3.28. The van der Waals surface area contributed by atoms with E-state index in [0.29, 0.717) is 21.0 Å². The average Bonchev–Trinajstić information content (AvgIpc) is 3.13. The number of halogens is 2. The highest BCUT2D eigenvalue weighted by atomic mass is 35.5. The van der Waals surface area contributed by atoms with Crippen LogP contribution in [0.1, 0.15) is 0 Å². The zero-order valence-corrected chi connectivity index (χ0v) is 18.1. The number of nitrogens with zero attached hydrogens (tertiary/aromatic N) is 2. The van der Waals surface area contributed by atoms with Crippen molar-refractivity contribution in [3.05, 3.63) is 58.6 Å². The van der Waals surface area contributed by atoms with Crippen LogP contribution in [0.5, 0.6) is 5.75 Å². The number of fused-ring (bicyclic) bond motifs is 1. The van der Waals surface area contributed by atoms with Crippen LogP contribution in [0.3, 0.4) is 0 Å². The van der Waals surface area contributed by atoms with E-state index in [0.717, 1.165) is 5.69 Å². The fraction of sp³-hybridized carbons (Fsp3) is 0.263. The number of hydrogen-bond acceptors (Lipinski definition) is 5. The van der Waals surface area contributed by atoms with Gasteiger partial charge in [0.25, 0.3) is 5.91 Å². The summed E-state index contributed by atoms with van der Waals surface area (Å²) in [6.07, 6.45) is 0. The first-order valence-corrected chi connectivity index (χ1v) is 12.2. The van der Waals surface area contributed by atoms with E-state index in [4.69, 9.17) is 27.9 Å². The van der Waals surface area contributed by atoms with Crippen molar-refractivity contribution >= 4 is 61.6 Å². The van der Waals surface area contributed by atoms with Crippen molar-refractivity contribution in [3.63, 3.8) is 0 Å². The molecule has 0 saturated carbocycles. The Morgan fingerprint density at radius 1 is 1.07 bits per heavy atom. The van der Waals surface area contributed by atoms with E-state index in [1.165, 1.54) is 11.8 Å². The molecule has 0 aliphatic carbocycles. The van der Waals surface area contributed by atoms with Gasteiger partial charge in [0.05, 0.1) is 17.5 Å². The maximum atomic E-state index is 12.4. The Morgan fingerprint density at radius 2 is 1.69 bits per heavy atom. The van der Waals surface area contributed by atoms with Crippen LogP contribution in [0.15, 0.2) is 53.5 Å². The third kappa shape index (κ3) is 4.71. The minimum Gasteiger partial charge on any atom is -0.484 e. The first-order chi connectivity index (χ1) is 13.8. The highest BCUT2D eigenvalue weighted by molar-refractivity contribution is 8.16. The molecule has 2 saturated heterocycles. The number of thioether (sulfide) groups is 1. The third-order valence-electron chi connectivity index (χ3n) is 4.57. The monoisotopic (exact) mass is 470 g/mol. The van der Waals surface area contributed by atoms with Crippen molar-refractivity contribution in [2.75, 3.05) is 23.0 Å². The molecule has 2 unspecified atom stereocenters. The molecule has 10 heteroatoms. The minimum absolute atomic E-state index is 0.0295. The topological polar surface area (TPSA) is 76.0 Å². The molecule has 152 valence electrons. The van der Waals surface area contributed by atoms with Crippen molar-refractivity contribution in [1.29, 1.82) is 0 Å². The number of ether oxygens (including phenoxy) is 1. The molecule has 0 N–H and O–H groups in total. The van der Waals surface area contributed by atoms with Crippen molar-refractivity contribution < 1.29 is 17.9 Å². The Bertz CT molecular complexity index is 1060. The van der Waals surface area contributed by atoms with Crippen LogP contribution in [0.2, 0.25) is 10.0 Å². The maximum Gasteiger partial charge on any atom is 0.285 e. The lowest BCUT2D eigenvalue weighted by molar-refractivity contribution is -0.119. The van der Waals surface area contributed by atoms with Crippen molar-refractivity contribution in [3.8, 4) is 5.75 Å². The normalized spacial score (nSPS) is 23.9. The van der Waals surface area contributed by atoms with Crippen LogP contribution >= 0.6 is 35.0 Å². The van der Waals surface area contributed by atoms with Gasteiger partial charge in [-0.2, -0.15) is 4.99 Å². The second-order valence-corrected chi connectivity index (χ2v) is 10.9. The number of benzene rings is 2. The molecule has 1 amide bonds. The predicted octanol–water partition coefficient (Wildman–Crippen LogP) is 3.67. The van der Waals surface area contributed by atoms with Gasteiger partial charge in [-0.05, 0) is 48.5 Å². The predicted molar refractivity (Wildman–Crippen MR) is 117 cm³/mol. The summed E-state index contributed by atoms with van der Waals surface area (Å²) in [6, 6.07) is 13.4. The molecule has 2 aliphatic rings. The van der Waals surface area contributed by atoms with Gasteiger partial charge in [-0.25, -0.2) is 8.42 Å². The fourth-order valence-corrected chi connectivity index (χ4v) is 7.47. The van der Waals surface area contributed by atoms with Gasteiger partial charge in [-0.1, -0.05) is 35.0 Å². The quantitative estimate of drug-likeness (QED) is 0.678. The number of amidine groups is 1. The Balaban J connectivity index is 1.54. The smallest absolute Gasteiger partial charge is 0.285 e. The van der Waals surface area contributed by atoms with E-state index in [-0.39, 0.29) is 29.4 Å². The van der Waals surface area contributed by atoms with Crippen LogP contribution in [-0.2, 0) is 14.6 Å². The molecule has 2 heterocycles. The molecule has 0 bridgehead atoms. The van der Waals surface area contributed by atoms with Gasteiger partial charge >= 0.3 is 0 Å². The summed E-state index contributed by atoms with van der Waals surface area (Å²) >= 11 is 13.1. The summed E-state index contributed by atoms with van der Waals surface area (Å²) in [5.74, 6) is 0.159. The number of aliphatic imine (C=N–C) groups is 1. The number of rotatable bonds is 4. The van der Waals surface area contributed by atoms with Crippen LogP contribution in [-0.4, -0.2) is 48.9 Å². The molecule has 2 fully saturated rings. The summed E-state index contributed by atoms with van der Waals surface area (Å²) in [6.45, 7) is -0.228. The highest BCUT2D eigenvalue weighted by Gasteiger charge is 2.49. The first kappa shape index (κ1) is 20.5. The van der Waals surface area contributed by atoms with E-state index in [2.05, 4.69) is 4.99 Å². The van der Waals surface area contributed by atoms with E-state index in [1.54, 1.807) is 48.5 Å². The largest absolute Gasteiger partial charge is 0.484 e. The van der Waals surface area contributed by atoms with Gasteiger partial charge in [0.1, 0.15) is 5.75 Å². The van der Waals surface area contributed by atoms with Gasteiger partial charge in [-0.3, -0.25) is 4.79 Å². The van der Waals surface area contributed by atoms with Gasteiger partial charge in [0.15, 0.2) is 21.6 Å². The SMILES string of the molecule is O=C(COc1ccc(Cl)cc1)N=C1SC2CS(=O)(=O)CC2N1c1ccc(Cl)cc1. The maximum absolute atomic E-state index is 12.4. The van der Waals surface area contributed by atoms with E-state index < -0.39 is 15.7 Å². The number of hydrogen-bond donors (Lipinski definition) is 0. The van der Waals surface area contributed by atoms with E-state index >= 15 is 0 Å². The molecule has 0 spiro atoms. The molecule has 0 radical (unpaired) electrons. The first-order valence-electron chi connectivity index (χ1n) is 8.72. The van der Waals surface area contributed by atoms with Gasteiger partial charge in [0.2, 0.25) is 0 Å². The molecule has 6 nitrogen and oxygen atoms in total. The Morgan fingerprint density at radius 3 is 2.34 bits per heavy atom. The van der Waals surface area contributed by atoms with Crippen LogP contribution < -0.4 is 9.64 Å². The van der Waals surface area contributed by atoms with E-state index in [9.17, 15) is 13.2 Å². The van der Waals surface area contributed by atoms with E-state index in [1.807, 2.05) is 4.90 Å². The molecule has 2 atom stereocenters. The van der Waals surface area contributed by atoms with Gasteiger partial charge < -0.3 is 9.64 Å². The number of anilines is 1. The average molecular weight is 471 g/mol. The van der Waals surface area contributed by atoms with Crippen molar-refractivity contribution in [2.45, 2.75) is 11.3 Å². The Kier molecular flexibility index (Phi) is 5.79. The number of carbonyl (C=O) groups excluding carboxylic acids is 1. The van der Waals surface area contributed by atoms with Crippen LogP contribution in [0.4, 0.5) is 5.69 Å². The molecular formula is C19H16Cl2N2O4S2. The lowest BCUT2D eigenvalue weighted by atomic mass is 10.2. The molecule has 2 aliphatic heterocycles. The molecule has 0 aromatic heterocycles. The summed E-state index contributed by atoms with van der Waals surface area (Å²) < 4.78 is 29.6. The van der Waals surface area contributed by atoms with Crippen LogP contribution in [0.25, 0.3) is 0 Å². The highest BCUT2D eigenvalue weighted by Crippen LogP contribution is 2.41. The van der Waals surface area contributed by atoms with Crippen molar-refractivity contribution in [2.24, 2.45) is 4.99 Å². The molecular weight excluding hydrogens is 455 g/mol. The molecule has 4 rings (SSSR count). The summed E-state index contributed by atoms with van der Waals surface area (Å²) in [7, 11) is -3.12. The zero-order chi connectivity index (χ0) is 20.6. The molecule has 2 aromatic carbocycles. The Hall–Kier alpha value is -1.74. The molecule has 2 aromatic rings. The van der Waals surface area contributed by atoms with Crippen LogP contribution in [0, 0.1) is 0 Å². The van der Waals surface area contributed by atoms with Crippen molar-refractivity contribution in [1.82, 2.24) is 0 Å². The summed E-state index contributed by atoms with van der Waals surface area (Å²) in [5.41, 5.74) is 0.747. The summed E-state index contributed by atoms with van der Waals surface area (Å²) in [5, 5.41) is 1.45. The Labute approximate surface area is 182 Å². The standard InChI is InChI=1S/C19H16Cl2N2O4S2/c20-12-1-5-14(6-2-12)23-16-10-29(25,26)11-17(16)28-19(23)22-18(24)9-27-15-7-3-13(21)4-8-15/h1-8,16-17H,9-11H2. The number of sulfone groups is 1. The third-order valence-corrected chi connectivity index (χ3v) is 8.28. The van der Waals surface area contributed by atoms with Gasteiger partial charge in [0, 0.05) is 21.0 Å². The summed E-state index contributed by atoms with van der Waals surface area (Å²) in [4.78, 5) is 18.4. The number of carbonyl (C=O) groups is 1. The lowest BCUT2D eigenvalue weighted by Crippen LogP contribution is -2.37. The minimum atomic E-state index is -3.12.